The van der Waals surface area contributed by atoms with Crippen LogP contribution in [0.1, 0.15) is 72.1 Å². The predicted octanol–water partition coefficient (Wildman–Crippen LogP) is 5.40. The molecule has 0 radical (unpaired) electrons. The highest BCUT2D eigenvalue weighted by molar-refractivity contribution is 5.35. The molecule has 0 spiro atoms. The monoisotopic (exact) mass is 206 g/mol. The van der Waals surface area contributed by atoms with E-state index in [1.54, 1.807) is 16.7 Å². The number of unbranched alkanes of at least 4 members (excludes halogenated alkanes) is 1. The van der Waals surface area contributed by atoms with Gasteiger partial charge in [-0.1, -0.05) is 38.3 Å². The Labute approximate surface area is 95.5 Å². The summed E-state index contributed by atoms with van der Waals surface area (Å²) < 4.78 is 0. The van der Waals surface area contributed by atoms with Crippen LogP contribution in [-0.2, 0) is 0 Å². The summed E-state index contributed by atoms with van der Waals surface area (Å²) in [7, 11) is 0. The molecule has 86 valence electrons. The summed E-state index contributed by atoms with van der Waals surface area (Å²) in [5, 5.41) is 0. The van der Waals surface area contributed by atoms with Crippen molar-refractivity contribution in [2.45, 2.75) is 72.1 Å². The first-order valence-electron chi connectivity index (χ1n) is 6.67. The fraction of sp³-hybridized carbons (Fsp3) is 0.733. The summed E-state index contributed by atoms with van der Waals surface area (Å²) in [5.41, 5.74) is 5.03. The molecule has 1 aliphatic carbocycles. The third-order valence-corrected chi connectivity index (χ3v) is 3.33. The fourth-order valence-corrected chi connectivity index (χ4v) is 2.45. The molecule has 1 aliphatic rings. The molecule has 0 atom stereocenters. The Kier molecular flexibility index (Phi) is 5.75. The molecule has 0 heteroatoms. The molecule has 0 saturated heterocycles. The zero-order valence-electron chi connectivity index (χ0n) is 10.7. The van der Waals surface area contributed by atoms with Crippen molar-refractivity contribution in [1.29, 1.82) is 0 Å². The lowest BCUT2D eigenvalue weighted by Gasteiger charge is -2.20. The zero-order chi connectivity index (χ0) is 11.1. The van der Waals surface area contributed by atoms with Crippen LogP contribution in [0.15, 0.2) is 22.8 Å². The van der Waals surface area contributed by atoms with E-state index in [1.165, 1.54) is 51.4 Å². The van der Waals surface area contributed by atoms with E-state index in [-0.39, 0.29) is 0 Å². The van der Waals surface area contributed by atoms with E-state index >= 15 is 0 Å². The summed E-state index contributed by atoms with van der Waals surface area (Å²) in [6.07, 6.45) is 13.1. The van der Waals surface area contributed by atoms with Crippen LogP contribution in [-0.4, -0.2) is 0 Å². The maximum absolute atomic E-state index is 2.49. The molecule has 15 heavy (non-hydrogen) atoms. The molecule has 0 N–H and O–H groups in total. The van der Waals surface area contributed by atoms with Gasteiger partial charge in [0.2, 0.25) is 0 Å². The minimum absolute atomic E-state index is 1.26. The van der Waals surface area contributed by atoms with Crippen LogP contribution >= 0.6 is 0 Å². The largest absolute Gasteiger partial charge is 0.0811 e. The number of hydrogen-bond donors (Lipinski definition) is 0. The fourth-order valence-electron chi connectivity index (χ4n) is 2.45. The van der Waals surface area contributed by atoms with E-state index in [0.29, 0.717) is 0 Å². The highest BCUT2D eigenvalue weighted by Gasteiger charge is 2.12. The van der Waals surface area contributed by atoms with E-state index < -0.39 is 0 Å². The topological polar surface area (TPSA) is 0 Å². The highest BCUT2D eigenvalue weighted by Crippen LogP contribution is 2.31. The van der Waals surface area contributed by atoms with Gasteiger partial charge in [0, 0.05) is 0 Å². The van der Waals surface area contributed by atoms with Crippen molar-refractivity contribution in [3.63, 3.8) is 0 Å². The van der Waals surface area contributed by atoms with Gasteiger partial charge in [0.15, 0.2) is 0 Å². The van der Waals surface area contributed by atoms with Gasteiger partial charge in [-0.3, -0.25) is 0 Å². The average Bonchev–Trinajstić information content (AvgIpc) is 2.25. The second-order valence-electron chi connectivity index (χ2n) is 4.73. The maximum atomic E-state index is 2.49. The van der Waals surface area contributed by atoms with Crippen molar-refractivity contribution in [1.82, 2.24) is 0 Å². The van der Waals surface area contributed by atoms with Crippen LogP contribution < -0.4 is 0 Å². The van der Waals surface area contributed by atoms with E-state index in [0.717, 1.165) is 0 Å². The Morgan fingerprint density at radius 2 is 1.87 bits per heavy atom. The van der Waals surface area contributed by atoms with Crippen LogP contribution in [0.5, 0.6) is 0 Å². The van der Waals surface area contributed by atoms with E-state index in [4.69, 9.17) is 0 Å². The van der Waals surface area contributed by atoms with Gasteiger partial charge in [-0.2, -0.15) is 0 Å². The lowest BCUT2D eigenvalue weighted by molar-refractivity contribution is 0.668. The lowest BCUT2D eigenvalue weighted by atomic mass is 9.86. The minimum atomic E-state index is 1.26. The molecule has 1 rings (SSSR count). The van der Waals surface area contributed by atoms with Gasteiger partial charge in [-0.15, -0.1) is 0 Å². The van der Waals surface area contributed by atoms with Gasteiger partial charge in [-0.05, 0) is 56.6 Å². The number of hydrogen-bond acceptors (Lipinski definition) is 0. The second-order valence-corrected chi connectivity index (χ2v) is 4.73. The molecular formula is C15H26. The zero-order valence-corrected chi connectivity index (χ0v) is 10.7. The van der Waals surface area contributed by atoms with E-state index in [1.807, 2.05) is 0 Å². The maximum Gasteiger partial charge on any atom is -0.0277 e. The van der Waals surface area contributed by atoms with Crippen molar-refractivity contribution < 1.29 is 0 Å². The predicted molar refractivity (Wildman–Crippen MR) is 69.1 cm³/mol. The average molecular weight is 206 g/mol. The Hall–Kier alpha value is -0.520. The van der Waals surface area contributed by atoms with Crippen LogP contribution in [0.4, 0.5) is 0 Å². The minimum Gasteiger partial charge on any atom is -0.0811 e. The van der Waals surface area contributed by atoms with Crippen LogP contribution in [0.3, 0.4) is 0 Å². The molecule has 0 fully saturated rings. The molecule has 0 heterocycles. The van der Waals surface area contributed by atoms with Gasteiger partial charge >= 0.3 is 0 Å². The molecule has 0 nitrogen and oxygen atoms in total. The van der Waals surface area contributed by atoms with Gasteiger partial charge in [0.05, 0.1) is 0 Å². The first kappa shape index (κ1) is 12.5. The Morgan fingerprint density at radius 3 is 2.47 bits per heavy atom. The first-order valence-corrected chi connectivity index (χ1v) is 6.67. The molecule has 0 unspecified atom stereocenters. The molecule has 0 aromatic carbocycles. The Bertz CT molecular complexity index is 243. The summed E-state index contributed by atoms with van der Waals surface area (Å²) in [5.74, 6) is 0. The molecule has 0 saturated carbocycles. The molecule has 0 aliphatic heterocycles. The molecule has 0 amide bonds. The Balaban J connectivity index is 2.77. The van der Waals surface area contributed by atoms with Crippen LogP contribution in [0.2, 0.25) is 0 Å². The number of allylic oxidation sites excluding steroid dienone is 4. The SMILES string of the molecule is CCC/C=C(\CCC)C1=C(C)CCCC1. The van der Waals surface area contributed by atoms with Crippen molar-refractivity contribution in [3.8, 4) is 0 Å². The second kappa shape index (κ2) is 6.87. The van der Waals surface area contributed by atoms with Crippen LogP contribution in [0, 0.1) is 0 Å². The normalized spacial score (nSPS) is 18.5. The van der Waals surface area contributed by atoms with Gasteiger partial charge in [-0.25, -0.2) is 0 Å². The van der Waals surface area contributed by atoms with Crippen molar-refractivity contribution >= 4 is 0 Å². The van der Waals surface area contributed by atoms with E-state index in [9.17, 15) is 0 Å². The third kappa shape index (κ3) is 3.85. The molecule has 0 aromatic rings. The quantitative estimate of drug-likeness (QED) is 0.564. The van der Waals surface area contributed by atoms with Gasteiger partial charge in [0.1, 0.15) is 0 Å². The molecular weight excluding hydrogens is 180 g/mol. The van der Waals surface area contributed by atoms with E-state index in [2.05, 4.69) is 26.8 Å². The summed E-state index contributed by atoms with van der Waals surface area (Å²) in [6, 6.07) is 0. The van der Waals surface area contributed by atoms with Crippen LogP contribution in [0.25, 0.3) is 0 Å². The molecule has 0 aromatic heterocycles. The van der Waals surface area contributed by atoms with Gasteiger partial charge in [0.25, 0.3) is 0 Å². The molecule has 0 bridgehead atoms. The van der Waals surface area contributed by atoms with Crippen molar-refractivity contribution in [2.24, 2.45) is 0 Å². The van der Waals surface area contributed by atoms with Gasteiger partial charge < -0.3 is 0 Å². The summed E-state index contributed by atoms with van der Waals surface area (Å²) in [6.45, 7) is 6.89. The Morgan fingerprint density at radius 1 is 1.13 bits per heavy atom. The summed E-state index contributed by atoms with van der Waals surface area (Å²) >= 11 is 0. The highest BCUT2D eigenvalue weighted by atomic mass is 14.2. The lowest BCUT2D eigenvalue weighted by Crippen LogP contribution is -2.01. The standard InChI is InChI=1S/C15H26/c1-4-6-11-14(9-5-2)15-12-8-7-10-13(15)3/h11H,4-10,12H2,1-3H3/b14-11+. The third-order valence-electron chi connectivity index (χ3n) is 3.33. The smallest absolute Gasteiger partial charge is 0.0277 e. The van der Waals surface area contributed by atoms with Crippen molar-refractivity contribution in [2.75, 3.05) is 0 Å². The van der Waals surface area contributed by atoms with Crippen molar-refractivity contribution in [3.05, 3.63) is 22.8 Å². The number of rotatable bonds is 5. The summed E-state index contributed by atoms with van der Waals surface area (Å²) in [4.78, 5) is 0. The first-order chi connectivity index (χ1) is 7.29.